The molecular formula is C14H11NO. The maximum atomic E-state index is 10.0. The molecule has 2 aromatic rings. The van der Waals surface area contributed by atoms with Gasteiger partial charge in [0.2, 0.25) is 0 Å². The first-order valence-corrected chi connectivity index (χ1v) is 4.79. The molecule has 16 heavy (non-hydrogen) atoms. The number of carbonyl (C=O) groups excluding carboxylic acids is 1. The van der Waals surface area contributed by atoms with Crippen molar-refractivity contribution >= 4 is 12.0 Å². The molecule has 0 saturated heterocycles. The molecule has 2 heteroatoms. The molecule has 2 nitrogen and oxygen atoms in total. The Balaban J connectivity index is 0.000000160. The molecule has 2 rings (SSSR count). The van der Waals surface area contributed by atoms with Crippen molar-refractivity contribution in [3.05, 3.63) is 77.6 Å². The monoisotopic (exact) mass is 209 g/mol. The summed E-state index contributed by atoms with van der Waals surface area (Å²) in [7, 11) is 0. The van der Waals surface area contributed by atoms with Crippen molar-refractivity contribution in [2.75, 3.05) is 0 Å². The normalized spacial score (nSPS) is 8.19. The zero-order chi connectivity index (χ0) is 11.6. The fourth-order valence-electron chi connectivity index (χ4n) is 1.03. The summed E-state index contributed by atoms with van der Waals surface area (Å²) < 4.78 is 0. The molecule has 0 aliphatic heterocycles. The minimum atomic E-state index is 0.701. The van der Waals surface area contributed by atoms with Gasteiger partial charge in [-0.25, -0.2) is 4.85 Å². The average Bonchev–Trinajstić information content (AvgIpc) is 2.41. The highest BCUT2D eigenvalue weighted by Gasteiger charge is 1.80. The van der Waals surface area contributed by atoms with Crippen molar-refractivity contribution < 1.29 is 4.79 Å². The molecule has 0 radical (unpaired) electrons. The van der Waals surface area contributed by atoms with Gasteiger partial charge in [0.25, 0.3) is 0 Å². The fraction of sp³-hybridized carbons (Fsp3) is 0. The Hall–Kier alpha value is -2.40. The molecule has 0 spiro atoms. The fourth-order valence-corrected chi connectivity index (χ4v) is 1.03. The van der Waals surface area contributed by atoms with E-state index >= 15 is 0 Å². The lowest BCUT2D eigenvalue weighted by atomic mass is 10.2. The zero-order valence-corrected chi connectivity index (χ0v) is 8.71. The molecule has 0 saturated carbocycles. The van der Waals surface area contributed by atoms with E-state index in [0.717, 1.165) is 11.8 Å². The molecule has 78 valence electrons. The Morgan fingerprint density at radius 3 is 1.69 bits per heavy atom. The Bertz CT molecular complexity index is 457. The number of aldehydes is 1. The number of para-hydroxylation sites is 1. The van der Waals surface area contributed by atoms with Crippen LogP contribution in [0, 0.1) is 6.57 Å². The molecule has 0 aliphatic carbocycles. The summed E-state index contributed by atoms with van der Waals surface area (Å²) in [5, 5.41) is 0. The standard InChI is InChI=1S/C7H5N.C7H6O/c1-8-7-5-3-2-4-6-7;8-6-7-4-2-1-3-5-7/h2-6H;1-6H. The van der Waals surface area contributed by atoms with Gasteiger partial charge in [-0.3, -0.25) is 4.79 Å². The lowest BCUT2D eigenvalue weighted by molar-refractivity contribution is 0.112. The van der Waals surface area contributed by atoms with Gasteiger partial charge in [0.1, 0.15) is 6.29 Å². The molecule has 0 unspecified atom stereocenters. The second-order valence-corrected chi connectivity index (χ2v) is 2.98. The van der Waals surface area contributed by atoms with E-state index in [9.17, 15) is 4.79 Å². The third-order valence-corrected chi connectivity index (χ3v) is 1.82. The number of benzene rings is 2. The molecule has 2 aromatic carbocycles. The second kappa shape index (κ2) is 6.97. The van der Waals surface area contributed by atoms with Crippen LogP contribution >= 0.6 is 0 Å². The van der Waals surface area contributed by atoms with Crippen LogP contribution in [-0.4, -0.2) is 6.29 Å². The molecule has 0 aromatic heterocycles. The third-order valence-electron chi connectivity index (χ3n) is 1.82. The molecule has 0 amide bonds. The van der Waals surface area contributed by atoms with Gasteiger partial charge in [0, 0.05) is 5.56 Å². The van der Waals surface area contributed by atoms with Crippen LogP contribution < -0.4 is 0 Å². The average molecular weight is 209 g/mol. The predicted molar refractivity (Wildman–Crippen MR) is 64.5 cm³/mol. The maximum Gasteiger partial charge on any atom is 0.187 e. The third kappa shape index (κ3) is 4.21. The predicted octanol–water partition coefficient (Wildman–Crippen LogP) is 3.74. The number of rotatable bonds is 1. The quantitative estimate of drug-likeness (QED) is 0.518. The lowest BCUT2D eigenvalue weighted by Gasteiger charge is -1.81. The molecular weight excluding hydrogens is 198 g/mol. The number of nitrogens with zero attached hydrogens (tertiary/aromatic N) is 1. The molecule has 0 fully saturated rings. The van der Waals surface area contributed by atoms with E-state index in [1.54, 1.807) is 24.3 Å². The highest BCUT2D eigenvalue weighted by Crippen LogP contribution is 2.07. The largest absolute Gasteiger partial charge is 0.298 e. The van der Waals surface area contributed by atoms with E-state index in [1.807, 2.05) is 36.4 Å². The van der Waals surface area contributed by atoms with Crippen LogP contribution in [-0.2, 0) is 0 Å². The Morgan fingerprint density at radius 2 is 1.38 bits per heavy atom. The maximum absolute atomic E-state index is 10.0. The summed E-state index contributed by atoms with van der Waals surface area (Å²) in [6.07, 6.45) is 0.833. The van der Waals surface area contributed by atoms with Crippen LogP contribution in [0.25, 0.3) is 4.85 Å². The smallest absolute Gasteiger partial charge is 0.187 e. The summed E-state index contributed by atoms with van der Waals surface area (Å²) in [6, 6.07) is 18.3. The molecule has 0 bridgehead atoms. The SMILES string of the molecule is O=Cc1ccccc1.[C-]#[N+]c1ccccc1. The van der Waals surface area contributed by atoms with Crippen LogP contribution in [0.3, 0.4) is 0 Å². The van der Waals surface area contributed by atoms with E-state index < -0.39 is 0 Å². The number of carbonyl (C=O) groups is 1. The Kier molecular flexibility index (Phi) is 5.08. The van der Waals surface area contributed by atoms with Crippen LogP contribution in [0.15, 0.2) is 60.7 Å². The summed E-state index contributed by atoms with van der Waals surface area (Å²) in [4.78, 5) is 13.2. The highest BCUT2D eigenvalue weighted by atomic mass is 16.1. The van der Waals surface area contributed by atoms with Crippen LogP contribution in [0.1, 0.15) is 10.4 Å². The zero-order valence-electron chi connectivity index (χ0n) is 8.71. The van der Waals surface area contributed by atoms with E-state index in [1.165, 1.54) is 0 Å². The Morgan fingerprint density at radius 1 is 0.875 bits per heavy atom. The first-order valence-electron chi connectivity index (χ1n) is 4.79. The number of hydrogen-bond donors (Lipinski definition) is 0. The Labute approximate surface area is 95.0 Å². The van der Waals surface area contributed by atoms with Gasteiger partial charge in [-0.05, 0) is 0 Å². The first-order chi connectivity index (χ1) is 7.86. The lowest BCUT2D eigenvalue weighted by Crippen LogP contribution is -1.73. The van der Waals surface area contributed by atoms with Gasteiger partial charge in [-0.2, -0.15) is 0 Å². The van der Waals surface area contributed by atoms with Gasteiger partial charge in [-0.15, -0.1) is 0 Å². The molecule has 0 N–H and O–H groups in total. The van der Waals surface area contributed by atoms with E-state index in [4.69, 9.17) is 6.57 Å². The van der Waals surface area contributed by atoms with Gasteiger partial charge in [0.15, 0.2) is 5.69 Å². The van der Waals surface area contributed by atoms with Crippen LogP contribution in [0.2, 0.25) is 0 Å². The van der Waals surface area contributed by atoms with E-state index in [-0.39, 0.29) is 0 Å². The van der Waals surface area contributed by atoms with Gasteiger partial charge in [-0.1, -0.05) is 60.7 Å². The summed E-state index contributed by atoms with van der Waals surface area (Å²) >= 11 is 0. The second-order valence-electron chi connectivity index (χ2n) is 2.98. The van der Waals surface area contributed by atoms with Crippen molar-refractivity contribution in [2.24, 2.45) is 0 Å². The summed E-state index contributed by atoms with van der Waals surface area (Å²) in [6.45, 7) is 6.57. The van der Waals surface area contributed by atoms with Gasteiger partial charge >= 0.3 is 0 Å². The molecule has 0 atom stereocenters. The number of hydrogen-bond acceptors (Lipinski definition) is 1. The summed E-state index contributed by atoms with van der Waals surface area (Å²) in [5.74, 6) is 0. The minimum Gasteiger partial charge on any atom is -0.298 e. The minimum absolute atomic E-state index is 0.701. The van der Waals surface area contributed by atoms with Crippen molar-refractivity contribution in [3.63, 3.8) is 0 Å². The van der Waals surface area contributed by atoms with Crippen molar-refractivity contribution in [3.8, 4) is 0 Å². The summed E-state index contributed by atoms with van der Waals surface area (Å²) in [5.41, 5.74) is 1.43. The van der Waals surface area contributed by atoms with Crippen molar-refractivity contribution in [1.29, 1.82) is 0 Å². The van der Waals surface area contributed by atoms with Crippen molar-refractivity contribution in [2.45, 2.75) is 0 Å². The molecule has 0 aliphatic rings. The van der Waals surface area contributed by atoms with Crippen LogP contribution in [0.4, 0.5) is 5.69 Å². The first kappa shape index (κ1) is 11.7. The van der Waals surface area contributed by atoms with Gasteiger partial charge in [0.05, 0.1) is 6.57 Å². The van der Waals surface area contributed by atoms with Crippen LogP contribution in [0.5, 0.6) is 0 Å². The molecule has 0 heterocycles. The topological polar surface area (TPSA) is 21.4 Å². The van der Waals surface area contributed by atoms with E-state index in [2.05, 4.69) is 4.85 Å². The highest BCUT2D eigenvalue weighted by molar-refractivity contribution is 5.74. The van der Waals surface area contributed by atoms with Crippen molar-refractivity contribution in [1.82, 2.24) is 0 Å². The van der Waals surface area contributed by atoms with Gasteiger partial charge < -0.3 is 0 Å². The van der Waals surface area contributed by atoms with E-state index in [0.29, 0.717) is 5.69 Å².